The number of benzene rings is 3. The number of ether oxygens (including phenoxy) is 1. The van der Waals surface area contributed by atoms with Crippen LogP contribution < -0.4 is 15.4 Å². The molecular weight excluding hydrogens is 442 g/mol. The first-order valence-electron chi connectivity index (χ1n) is 11.8. The molecule has 1 heterocycles. The van der Waals surface area contributed by atoms with Gasteiger partial charge in [0, 0.05) is 18.2 Å². The van der Waals surface area contributed by atoms with E-state index in [1.165, 1.54) is 0 Å². The first-order valence-corrected chi connectivity index (χ1v) is 11.8. The molecule has 7 heteroatoms. The Morgan fingerprint density at radius 3 is 2.31 bits per heavy atom. The monoisotopic (exact) mass is 469 g/mol. The van der Waals surface area contributed by atoms with Crippen molar-refractivity contribution >= 4 is 17.7 Å². The molecule has 1 aliphatic carbocycles. The molecule has 35 heavy (non-hydrogen) atoms. The van der Waals surface area contributed by atoms with Crippen molar-refractivity contribution in [3.63, 3.8) is 0 Å². The van der Waals surface area contributed by atoms with Crippen molar-refractivity contribution in [3.05, 3.63) is 101 Å². The van der Waals surface area contributed by atoms with Crippen LogP contribution in [0.3, 0.4) is 0 Å². The van der Waals surface area contributed by atoms with Gasteiger partial charge in [0.05, 0.1) is 6.54 Å². The van der Waals surface area contributed by atoms with Crippen molar-refractivity contribution in [2.24, 2.45) is 0 Å². The number of carbonyl (C=O) groups is 3. The molecule has 1 atom stereocenters. The molecular formula is C28H27N3O4. The van der Waals surface area contributed by atoms with E-state index < -0.39 is 6.04 Å². The molecule has 0 saturated heterocycles. The zero-order chi connectivity index (χ0) is 24.2. The summed E-state index contributed by atoms with van der Waals surface area (Å²) in [6, 6.07) is 23.9. The van der Waals surface area contributed by atoms with Gasteiger partial charge in [0.15, 0.2) is 0 Å². The highest BCUT2D eigenvalue weighted by molar-refractivity contribution is 6.05. The number of rotatable bonds is 9. The maximum atomic E-state index is 13.0. The molecule has 3 aromatic carbocycles. The highest BCUT2D eigenvalue weighted by atomic mass is 16.5. The van der Waals surface area contributed by atoms with E-state index in [0.29, 0.717) is 24.3 Å². The minimum Gasteiger partial charge on any atom is -0.489 e. The van der Waals surface area contributed by atoms with Gasteiger partial charge in [-0.05, 0) is 47.7 Å². The van der Waals surface area contributed by atoms with Gasteiger partial charge in [0.25, 0.3) is 5.91 Å². The van der Waals surface area contributed by atoms with Crippen LogP contribution >= 0.6 is 0 Å². The normalized spacial score (nSPS) is 16.5. The lowest BCUT2D eigenvalue weighted by atomic mass is 10.0. The molecule has 2 N–H and O–H groups in total. The maximum Gasteiger partial charge on any atom is 0.255 e. The van der Waals surface area contributed by atoms with Crippen LogP contribution in [0.15, 0.2) is 78.9 Å². The summed E-state index contributed by atoms with van der Waals surface area (Å²) in [5, 5.41) is 5.59. The van der Waals surface area contributed by atoms with Gasteiger partial charge in [-0.15, -0.1) is 0 Å². The minimum atomic E-state index is -0.685. The molecule has 0 spiro atoms. The second kappa shape index (κ2) is 10.0. The lowest BCUT2D eigenvalue weighted by molar-refractivity contribution is -0.129. The Bertz CT molecular complexity index is 1240. The van der Waals surface area contributed by atoms with Crippen molar-refractivity contribution in [2.75, 3.05) is 6.54 Å². The predicted octanol–water partition coefficient (Wildman–Crippen LogP) is 3.36. The fraction of sp³-hybridized carbons (Fsp3) is 0.250. The molecule has 0 radical (unpaired) electrons. The quantitative estimate of drug-likeness (QED) is 0.503. The van der Waals surface area contributed by atoms with Crippen LogP contribution in [0.1, 0.15) is 45.9 Å². The molecule has 0 aromatic heterocycles. The summed E-state index contributed by atoms with van der Waals surface area (Å²) in [7, 11) is 0. The molecule has 0 bridgehead atoms. The van der Waals surface area contributed by atoms with E-state index in [2.05, 4.69) is 10.6 Å². The van der Waals surface area contributed by atoms with Gasteiger partial charge >= 0.3 is 0 Å². The van der Waals surface area contributed by atoms with E-state index in [4.69, 9.17) is 4.74 Å². The van der Waals surface area contributed by atoms with E-state index in [9.17, 15) is 14.4 Å². The summed E-state index contributed by atoms with van der Waals surface area (Å²) in [5.41, 5.74) is 3.19. The third kappa shape index (κ3) is 5.04. The third-order valence-electron chi connectivity index (χ3n) is 6.34. The Morgan fingerprint density at radius 1 is 0.857 bits per heavy atom. The van der Waals surface area contributed by atoms with Gasteiger partial charge in [0.1, 0.15) is 18.4 Å². The second-order valence-electron chi connectivity index (χ2n) is 8.80. The van der Waals surface area contributed by atoms with Gasteiger partial charge in [0.2, 0.25) is 11.8 Å². The molecule has 1 aliphatic heterocycles. The first-order chi connectivity index (χ1) is 17.1. The molecule has 5 rings (SSSR count). The lowest BCUT2D eigenvalue weighted by Crippen LogP contribution is -2.43. The Labute approximate surface area is 204 Å². The highest BCUT2D eigenvalue weighted by Crippen LogP contribution is 2.41. The van der Waals surface area contributed by atoms with Crippen molar-refractivity contribution in [1.29, 1.82) is 0 Å². The largest absolute Gasteiger partial charge is 0.489 e. The average Bonchev–Trinajstić information content (AvgIpc) is 3.69. The number of amides is 3. The second-order valence-corrected chi connectivity index (χ2v) is 8.80. The summed E-state index contributed by atoms with van der Waals surface area (Å²) in [4.78, 5) is 40.1. The van der Waals surface area contributed by atoms with Gasteiger partial charge < -0.3 is 20.3 Å². The van der Waals surface area contributed by atoms with Gasteiger partial charge in [-0.2, -0.15) is 0 Å². The van der Waals surface area contributed by atoms with E-state index >= 15 is 0 Å². The van der Waals surface area contributed by atoms with Gasteiger partial charge in [-0.1, -0.05) is 60.7 Å². The predicted molar refractivity (Wildman–Crippen MR) is 130 cm³/mol. The van der Waals surface area contributed by atoms with Crippen LogP contribution in [-0.2, 0) is 22.7 Å². The van der Waals surface area contributed by atoms with Crippen LogP contribution in [0, 0.1) is 0 Å². The van der Waals surface area contributed by atoms with Crippen LogP contribution in [0.5, 0.6) is 5.75 Å². The number of nitrogens with one attached hydrogen (secondary N) is 2. The number of para-hydroxylation sites is 1. The number of hydrogen-bond donors (Lipinski definition) is 2. The zero-order valence-electron chi connectivity index (χ0n) is 19.3. The third-order valence-corrected chi connectivity index (χ3v) is 6.34. The average molecular weight is 470 g/mol. The topological polar surface area (TPSA) is 87.7 Å². The van der Waals surface area contributed by atoms with Crippen molar-refractivity contribution in [2.45, 2.75) is 38.1 Å². The van der Waals surface area contributed by atoms with Crippen molar-refractivity contribution in [1.82, 2.24) is 15.5 Å². The summed E-state index contributed by atoms with van der Waals surface area (Å²) >= 11 is 0. The number of carbonyl (C=O) groups excluding carboxylic acids is 3. The molecule has 7 nitrogen and oxygen atoms in total. The summed E-state index contributed by atoms with van der Waals surface area (Å²) < 4.78 is 5.85. The Kier molecular flexibility index (Phi) is 6.48. The Hall–Kier alpha value is -4.13. The molecule has 3 aromatic rings. The number of fused-ring (bicyclic) bond motifs is 1. The highest BCUT2D eigenvalue weighted by Gasteiger charge is 2.47. The molecule has 2 aliphatic rings. The van der Waals surface area contributed by atoms with E-state index in [-0.39, 0.29) is 30.3 Å². The van der Waals surface area contributed by atoms with Gasteiger partial charge in [-0.25, -0.2) is 0 Å². The van der Waals surface area contributed by atoms with Crippen LogP contribution in [0.4, 0.5) is 0 Å². The summed E-state index contributed by atoms with van der Waals surface area (Å²) in [6.07, 6.45) is 1.80. The SMILES string of the molecule is O=C(CNC(=O)[C@@H]1c2ccccc2C(=O)N1C1CC1)NCc1ccccc1COc1ccccc1. The molecule has 0 unspecified atom stereocenters. The number of nitrogens with zero attached hydrogens (tertiary/aromatic N) is 1. The molecule has 178 valence electrons. The Morgan fingerprint density at radius 2 is 1.54 bits per heavy atom. The number of hydrogen-bond acceptors (Lipinski definition) is 4. The Balaban J connectivity index is 1.16. The minimum absolute atomic E-state index is 0.0917. The summed E-state index contributed by atoms with van der Waals surface area (Å²) in [5.74, 6) is 0.0398. The van der Waals surface area contributed by atoms with Crippen molar-refractivity contribution < 1.29 is 19.1 Å². The first kappa shape index (κ1) is 22.7. The maximum absolute atomic E-state index is 13.0. The van der Waals surface area contributed by atoms with E-state index in [1.807, 2.05) is 66.7 Å². The molecule has 1 fully saturated rings. The van der Waals surface area contributed by atoms with Crippen LogP contribution in [0.2, 0.25) is 0 Å². The smallest absolute Gasteiger partial charge is 0.255 e. The van der Waals surface area contributed by atoms with E-state index in [1.54, 1.807) is 17.0 Å². The van der Waals surface area contributed by atoms with Crippen LogP contribution in [0.25, 0.3) is 0 Å². The lowest BCUT2D eigenvalue weighted by Gasteiger charge is -2.24. The fourth-order valence-electron chi connectivity index (χ4n) is 4.40. The van der Waals surface area contributed by atoms with E-state index in [0.717, 1.165) is 29.7 Å². The van der Waals surface area contributed by atoms with Crippen LogP contribution in [-0.4, -0.2) is 35.2 Å². The zero-order valence-corrected chi connectivity index (χ0v) is 19.3. The molecule has 1 saturated carbocycles. The summed E-state index contributed by atoms with van der Waals surface area (Å²) in [6.45, 7) is 0.549. The van der Waals surface area contributed by atoms with Gasteiger partial charge in [-0.3, -0.25) is 14.4 Å². The van der Waals surface area contributed by atoms with Crippen molar-refractivity contribution in [3.8, 4) is 5.75 Å². The standard InChI is InChI=1S/C28H27N3O4/c32-25(29-16-19-8-4-5-9-20(19)18-35-22-10-2-1-3-11-22)17-30-27(33)26-23-12-6-7-13-24(23)28(34)31(26)21-14-15-21/h1-13,21,26H,14-18H2,(H,29,32)(H,30,33)/t26-/m0/s1. The fourth-order valence-corrected chi connectivity index (χ4v) is 4.40. The molecule has 3 amide bonds.